The second-order valence-electron chi connectivity index (χ2n) is 3.80. The summed E-state index contributed by atoms with van der Waals surface area (Å²) in [6.45, 7) is 0.889. The molecule has 0 fully saturated rings. The average Bonchev–Trinajstić information content (AvgIpc) is 2.31. The van der Waals surface area contributed by atoms with E-state index in [9.17, 15) is 22.4 Å². The molecule has 0 aromatic rings. The van der Waals surface area contributed by atoms with Gasteiger partial charge in [-0.25, -0.2) is 8.78 Å². The average molecular weight is 274 g/mol. The van der Waals surface area contributed by atoms with Crippen molar-refractivity contribution >= 4 is 5.91 Å². The van der Waals surface area contributed by atoms with E-state index in [-0.39, 0.29) is 0 Å². The van der Waals surface area contributed by atoms with Crippen molar-refractivity contribution < 1.29 is 27.1 Å². The quantitative estimate of drug-likeness (QED) is 0.487. The topological polar surface area (TPSA) is 50.4 Å². The zero-order valence-corrected chi connectivity index (χ0v) is 10.3. The molecule has 0 aromatic heterocycles. The van der Waals surface area contributed by atoms with Crippen LogP contribution in [-0.2, 0) is 9.53 Å². The number of amides is 1. The molecule has 0 aliphatic rings. The lowest BCUT2D eigenvalue weighted by Crippen LogP contribution is -2.48. The number of carbonyl (C=O) groups excluding carboxylic acids is 1. The van der Waals surface area contributed by atoms with Crippen LogP contribution in [0.15, 0.2) is 0 Å². The first-order valence-electron chi connectivity index (χ1n) is 5.47. The van der Waals surface area contributed by atoms with Gasteiger partial charge in [0.25, 0.3) is 0 Å². The maximum Gasteiger partial charge on any atom is 0.319 e. The van der Waals surface area contributed by atoms with Gasteiger partial charge in [-0.1, -0.05) is 0 Å². The predicted octanol–water partition coefficient (Wildman–Crippen LogP) is 1.02. The molecule has 2 N–H and O–H groups in total. The molecule has 0 bridgehead atoms. The van der Waals surface area contributed by atoms with E-state index >= 15 is 0 Å². The molecule has 0 saturated carbocycles. The summed E-state index contributed by atoms with van der Waals surface area (Å²) in [6.07, 6.45) is -3.16. The van der Waals surface area contributed by atoms with E-state index in [1.54, 1.807) is 0 Å². The molecule has 18 heavy (non-hydrogen) atoms. The molecule has 0 aliphatic heterocycles. The zero-order chi connectivity index (χ0) is 14.2. The molecule has 0 rings (SSSR count). The van der Waals surface area contributed by atoms with Crippen molar-refractivity contribution in [2.45, 2.75) is 31.7 Å². The second kappa shape index (κ2) is 8.25. The van der Waals surface area contributed by atoms with Crippen LogP contribution >= 0.6 is 0 Å². The molecule has 0 saturated heterocycles. The van der Waals surface area contributed by atoms with Crippen LogP contribution in [0.4, 0.5) is 17.6 Å². The van der Waals surface area contributed by atoms with Gasteiger partial charge in [-0.2, -0.15) is 8.78 Å². The monoisotopic (exact) mass is 274 g/mol. The van der Waals surface area contributed by atoms with Crippen LogP contribution in [0.3, 0.4) is 0 Å². The largest absolute Gasteiger partial charge is 0.385 e. The molecular weight excluding hydrogens is 256 g/mol. The number of nitrogens with one attached hydrogen (secondary N) is 2. The summed E-state index contributed by atoms with van der Waals surface area (Å²) in [7, 11) is 1.51. The number of hydrogen-bond donors (Lipinski definition) is 2. The van der Waals surface area contributed by atoms with E-state index in [4.69, 9.17) is 4.74 Å². The normalized spacial score (nSPS) is 13.7. The van der Waals surface area contributed by atoms with Gasteiger partial charge in [-0.15, -0.1) is 0 Å². The predicted molar refractivity (Wildman–Crippen MR) is 57.9 cm³/mol. The molecule has 0 heterocycles. The van der Waals surface area contributed by atoms with E-state index < -0.39 is 30.8 Å². The first-order chi connectivity index (χ1) is 8.31. The Hall–Kier alpha value is -0.890. The first-order valence-corrected chi connectivity index (χ1v) is 5.47. The highest BCUT2D eigenvalue weighted by Gasteiger charge is 2.40. The van der Waals surface area contributed by atoms with E-state index in [1.165, 1.54) is 14.0 Å². The van der Waals surface area contributed by atoms with Crippen molar-refractivity contribution in [3.05, 3.63) is 0 Å². The molecular formula is C10H18F4N2O2. The van der Waals surface area contributed by atoms with Crippen LogP contribution in [-0.4, -0.2) is 51.1 Å². The lowest BCUT2D eigenvalue weighted by atomic mass is 10.2. The third-order valence-corrected chi connectivity index (χ3v) is 2.18. The van der Waals surface area contributed by atoms with Crippen LogP contribution in [0.2, 0.25) is 0 Å². The lowest BCUT2D eigenvalue weighted by Gasteiger charge is -2.19. The molecule has 0 aliphatic carbocycles. The Kier molecular flexibility index (Phi) is 7.85. The molecule has 0 spiro atoms. The highest BCUT2D eigenvalue weighted by Crippen LogP contribution is 2.21. The van der Waals surface area contributed by atoms with Crippen LogP contribution in [0.25, 0.3) is 0 Å². The first kappa shape index (κ1) is 17.1. The Morgan fingerprint density at radius 1 is 1.39 bits per heavy atom. The second-order valence-corrected chi connectivity index (χ2v) is 3.80. The summed E-state index contributed by atoms with van der Waals surface area (Å²) in [4.78, 5) is 11.3. The minimum atomic E-state index is -4.13. The van der Waals surface area contributed by atoms with E-state index in [0.717, 1.165) is 0 Å². The standard InChI is InChI=1S/C10H18F4N2O2/c1-7(8(17)15-4-3-5-18-2)16-6-10(13,14)9(11)12/h7,9,16H,3-6H2,1-2H3,(H,15,17). The maximum atomic E-state index is 12.6. The SMILES string of the molecule is COCCCNC(=O)C(C)NCC(F)(F)C(F)F. The van der Waals surface area contributed by atoms with Crippen molar-refractivity contribution in [3.63, 3.8) is 0 Å². The van der Waals surface area contributed by atoms with Gasteiger partial charge in [0.05, 0.1) is 12.6 Å². The highest BCUT2D eigenvalue weighted by atomic mass is 19.3. The molecule has 108 valence electrons. The van der Waals surface area contributed by atoms with Crippen molar-refractivity contribution in [1.29, 1.82) is 0 Å². The van der Waals surface area contributed by atoms with Gasteiger partial charge in [-0.3, -0.25) is 4.79 Å². The minimum Gasteiger partial charge on any atom is -0.385 e. The summed E-state index contributed by atoms with van der Waals surface area (Å²) in [5, 5.41) is 4.54. The van der Waals surface area contributed by atoms with Crippen LogP contribution in [0, 0.1) is 0 Å². The summed E-state index contributed by atoms with van der Waals surface area (Å²) in [5.74, 6) is -4.65. The summed E-state index contributed by atoms with van der Waals surface area (Å²) >= 11 is 0. The van der Waals surface area contributed by atoms with Crippen molar-refractivity contribution in [1.82, 2.24) is 10.6 Å². The Morgan fingerprint density at radius 2 is 2.00 bits per heavy atom. The summed E-state index contributed by atoms with van der Waals surface area (Å²) < 4.78 is 53.6. The van der Waals surface area contributed by atoms with Gasteiger partial charge in [0.2, 0.25) is 5.91 Å². The number of rotatable bonds is 9. The lowest BCUT2D eigenvalue weighted by molar-refractivity contribution is -0.131. The molecule has 1 unspecified atom stereocenters. The number of carbonyl (C=O) groups is 1. The van der Waals surface area contributed by atoms with Gasteiger partial charge >= 0.3 is 12.3 Å². The molecule has 0 radical (unpaired) electrons. The third kappa shape index (κ3) is 6.75. The smallest absolute Gasteiger partial charge is 0.319 e. The Balaban J connectivity index is 3.87. The van der Waals surface area contributed by atoms with Crippen molar-refractivity contribution in [2.75, 3.05) is 26.8 Å². The number of halogens is 4. The van der Waals surface area contributed by atoms with Gasteiger partial charge < -0.3 is 15.4 Å². The fourth-order valence-electron chi connectivity index (χ4n) is 1.04. The third-order valence-electron chi connectivity index (χ3n) is 2.18. The Labute approximate surface area is 103 Å². The molecule has 1 atom stereocenters. The molecule has 1 amide bonds. The van der Waals surface area contributed by atoms with Crippen LogP contribution < -0.4 is 10.6 Å². The zero-order valence-electron chi connectivity index (χ0n) is 10.3. The minimum absolute atomic E-state index is 0.337. The molecule has 4 nitrogen and oxygen atoms in total. The maximum absolute atomic E-state index is 12.6. The fourth-order valence-corrected chi connectivity index (χ4v) is 1.04. The van der Waals surface area contributed by atoms with Gasteiger partial charge in [0, 0.05) is 20.3 Å². The summed E-state index contributed by atoms with van der Waals surface area (Å²) in [6, 6.07) is -0.961. The number of methoxy groups -OCH3 is 1. The van der Waals surface area contributed by atoms with Gasteiger partial charge in [0.1, 0.15) is 0 Å². The fraction of sp³-hybridized carbons (Fsp3) is 0.900. The van der Waals surface area contributed by atoms with E-state index in [0.29, 0.717) is 19.6 Å². The number of alkyl halides is 4. The Morgan fingerprint density at radius 3 is 2.50 bits per heavy atom. The number of hydrogen-bond acceptors (Lipinski definition) is 3. The summed E-state index contributed by atoms with van der Waals surface area (Å²) in [5.41, 5.74) is 0. The number of ether oxygens (including phenoxy) is 1. The highest BCUT2D eigenvalue weighted by molar-refractivity contribution is 5.81. The van der Waals surface area contributed by atoms with Crippen molar-refractivity contribution in [2.24, 2.45) is 0 Å². The molecule has 8 heteroatoms. The molecule has 0 aromatic carbocycles. The van der Waals surface area contributed by atoms with Crippen LogP contribution in [0.5, 0.6) is 0 Å². The van der Waals surface area contributed by atoms with Gasteiger partial charge in [0.15, 0.2) is 0 Å². The van der Waals surface area contributed by atoms with Gasteiger partial charge in [-0.05, 0) is 13.3 Å². The Bertz CT molecular complexity index is 252. The van der Waals surface area contributed by atoms with Crippen LogP contribution in [0.1, 0.15) is 13.3 Å². The van der Waals surface area contributed by atoms with E-state index in [1.807, 2.05) is 0 Å². The van der Waals surface area contributed by atoms with E-state index in [2.05, 4.69) is 10.6 Å². The van der Waals surface area contributed by atoms with Crippen molar-refractivity contribution in [3.8, 4) is 0 Å².